The highest BCUT2D eigenvalue weighted by molar-refractivity contribution is 7.12. The lowest BCUT2D eigenvalue weighted by atomic mass is 10.1. The van der Waals surface area contributed by atoms with Crippen LogP contribution in [-0.2, 0) is 0 Å². The van der Waals surface area contributed by atoms with Crippen LogP contribution in [0.1, 0.15) is 25.6 Å². The summed E-state index contributed by atoms with van der Waals surface area (Å²) in [6.07, 6.45) is 0. The van der Waals surface area contributed by atoms with Crippen LogP contribution in [0, 0.1) is 24.4 Å². The van der Waals surface area contributed by atoms with E-state index in [2.05, 4.69) is 5.32 Å². The summed E-state index contributed by atoms with van der Waals surface area (Å²) in [4.78, 5) is 22.8. The quantitative estimate of drug-likeness (QED) is 0.853. The minimum Gasteiger partial charge on any atom is -0.477 e. The first kappa shape index (κ1) is 15.0. The summed E-state index contributed by atoms with van der Waals surface area (Å²) in [5, 5.41) is 12.8. The predicted octanol–water partition coefficient (Wildman–Crippen LogP) is 3.42. The number of rotatable bonds is 3. The molecule has 1 aromatic carbocycles. The molecule has 2 aromatic rings. The van der Waals surface area contributed by atoms with Crippen LogP contribution in [0.25, 0.3) is 0 Å². The molecule has 0 fully saturated rings. The molecule has 1 aromatic heterocycles. The van der Waals surface area contributed by atoms with Crippen LogP contribution in [0.3, 0.4) is 0 Å². The minimum absolute atomic E-state index is 0.0441. The highest BCUT2D eigenvalue weighted by Crippen LogP contribution is 2.28. The number of carbonyl (C=O) groups is 2. The summed E-state index contributed by atoms with van der Waals surface area (Å²) in [6.45, 7) is 1.57. The third-order valence-corrected chi connectivity index (χ3v) is 3.74. The molecule has 0 atom stereocenters. The van der Waals surface area contributed by atoms with E-state index in [0.29, 0.717) is 17.7 Å². The van der Waals surface area contributed by atoms with Gasteiger partial charge < -0.3 is 10.4 Å². The topological polar surface area (TPSA) is 66.4 Å². The maximum Gasteiger partial charge on any atom is 0.348 e. The maximum absolute atomic E-state index is 13.1. The number of aromatic carboxylic acids is 1. The van der Waals surface area contributed by atoms with Gasteiger partial charge in [0.05, 0.1) is 5.69 Å². The molecule has 0 aliphatic rings. The molecular weight excluding hydrogens is 307 g/mol. The standard InChI is InChI=1S/C13H8F3NO3S/c1-5-4-21-11(13(19)20)10(5)17-12(18)6-2-7(14)9(16)8(15)3-6/h2-4H,1H3,(H,17,18)(H,19,20). The Kier molecular flexibility index (Phi) is 3.99. The number of amides is 1. The Labute approximate surface area is 120 Å². The fourth-order valence-electron chi connectivity index (χ4n) is 1.63. The van der Waals surface area contributed by atoms with Gasteiger partial charge in [0.2, 0.25) is 0 Å². The lowest BCUT2D eigenvalue weighted by Gasteiger charge is -2.07. The molecule has 21 heavy (non-hydrogen) atoms. The van der Waals surface area contributed by atoms with Crippen LogP contribution in [0.15, 0.2) is 17.5 Å². The zero-order valence-corrected chi connectivity index (χ0v) is 11.4. The van der Waals surface area contributed by atoms with E-state index in [4.69, 9.17) is 5.11 Å². The molecule has 0 saturated carbocycles. The van der Waals surface area contributed by atoms with Gasteiger partial charge in [0.1, 0.15) is 4.88 Å². The Bertz CT molecular complexity index is 719. The average Bonchev–Trinajstić information content (AvgIpc) is 2.77. The molecule has 0 saturated heterocycles. The Balaban J connectivity index is 2.35. The summed E-state index contributed by atoms with van der Waals surface area (Å²) in [6, 6.07) is 1.08. The molecule has 0 aliphatic heterocycles. The van der Waals surface area contributed by atoms with Crippen molar-refractivity contribution in [2.75, 3.05) is 5.32 Å². The second-order valence-electron chi connectivity index (χ2n) is 4.14. The Morgan fingerprint density at radius 2 is 1.76 bits per heavy atom. The number of thiophene rings is 1. The van der Waals surface area contributed by atoms with Gasteiger partial charge in [0.25, 0.3) is 5.91 Å². The van der Waals surface area contributed by atoms with Crippen molar-refractivity contribution < 1.29 is 27.9 Å². The van der Waals surface area contributed by atoms with Crippen molar-refractivity contribution >= 4 is 28.9 Å². The number of carboxylic acids is 1. The Morgan fingerprint density at radius 1 is 1.19 bits per heavy atom. The van der Waals surface area contributed by atoms with Crippen molar-refractivity contribution in [3.8, 4) is 0 Å². The van der Waals surface area contributed by atoms with Gasteiger partial charge in [0.15, 0.2) is 17.5 Å². The molecule has 0 spiro atoms. The summed E-state index contributed by atoms with van der Waals surface area (Å²) in [5.41, 5.74) is 0.0878. The van der Waals surface area contributed by atoms with Crippen LogP contribution in [0.5, 0.6) is 0 Å². The first-order valence-corrected chi connectivity index (χ1v) is 6.46. The van der Waals surface area contributed by atoms with E-state index >= 15 is 0 Å². The Morgan fingerprint density at radius 3 is 2.29 bits per heavy atom. The van der Waals surface area contributed by atoms with E-state index in [0.717, 1.165) is 11.3 Å². The number of benzene rings is 1. The molecule has 4 nitrogen and oxygen atoms in total. The second kappa shape index (κ2) is 5.57. The molecule has 1 heterocycles. The van der Waals surface area contributed by atoms with Gasteiger partial charge >= 0.3 is 5.97 Å². The van der Waals surface area contributed by atoms with Crippen molar-refractivity contribution in [3.05, 3.63) is 51.0 Å². The third-order valence-electron chi connectivity index (χ3n) is 2.65. The third kappa shape index (κ3) is 2.89. The SMILES string of the molecule is Cc1csc(C(=O)O)c1NC(=O)c1cc(F)c(F)c(F)c1. The van der Waals surface area contributed by atoms with E-state index in [9.17, 15) is 22.8 Å². The molecule has 1 amide bonds. The molecule has 2 rings (SSSR count). The van der Waals surface area contributed by atoms with Crippen molar-refractivity contribution in [2.24, 2.45) is 0 Å². The van der Waals surface area contributed by atoms with Crippen molar-refractivity contribution in [1.29, 1.82) is 0 Å². The lowest BCUT2D eigenvalue weighted by molar-refractivity contribution is 0.0703. The predicted molar refractivity (Wildman–Crippen MR) is 70.3 cm³/mol. The van der Waals surface area contributed by atoms with Crippen molar-refractivity contribution in [1.82, 2.24) is 0 Å². The highest BCUT2D eigenvalue weighted by Gasteiger charge is 2.20. The van der Waals surface area contributed by atoms with E-state index < -0.39 is 34.9 Å². The largest absolute Gasteiger partial charge is 0.477 e. The smallest absolute Gasteiger partial charge is 0.348 e. The first-order valence-electron chi connectivity index (χ1n) is 5.58. The summed E-state index contributed by atoms with van der Waals surface area (Å²) >= 11 is 0.908. The number of carboxylic acid groups (broad SMARTS) is 1. The monoisotopic (exact) mass is 315 g/mol. The zero-order valence-electron chi connectivity index (χ0n) is 10.5. The fourth-order valence-corrected chi connectivity index (χ4v) is 2.47. The van der Waals surface area contributed by atoms with Crippen LogP contribution in [0.4, 0.5) is 18.9 Å². The number of aryl methyl sites for hydroxylation is 1. The van der Waals surface area contributed by atoms with Crippen LogP contribution in [-0.4, -0.2) is 17.0 Å². The summed E-state index contributed by atoms with van der Waals surface area (Å²) in [7, 11) is 0. The zero-order chi connectivity index (χ0) is 15.7. The molecule has 110 valence electrons. The molecular formula is C13H8F3NO3S. The highest BCUT2D eigenvalue weighted by atomic mass is 32.1. The number of nitrogens with one attached hydrogen (secondary N) is 1. The summed E-state index contributed by atoms with van der Waals surface area (Å²) in [5.74, 6) is -6.84. The number of hydrogen-bond donors (Lipinski definition) is 2. The average molecular weight is 315 g/mol. The fraction of sp³-hybridized carbons (Fsp3) is 0.0769. The van der Waals surface area contributed by atoms with Gasteiger partial charge in [0, 0.05) is 5.56 Å². The minimum atomic E-state index is -1.68. The molecule has 0 unspecified atom stereocenters. The first-order chi connectivity index (χ1) is 9.81. The van der Waals surface area contributed by atoms with Crippen LogP contribution < -0.4 is 5.32 Å². The number of hydrogen-bond acceptors (Lipinski definition) is 3. The maximum atomic E-state index is 13.1. The second-order valence-corrected chi connectivity index (χ2v) is 5.02. The van der Waals surface area contributed by atoms with Crippen LogP contribution >= 0.6 is 11.3 Å². The molecule has 0 bridgehead atoms. The molecule has 2 N–H and O–H groups in total. The van der Waals surface area contributed by atoms with Gasteiger partial charge in [-0.25, -0.2) is 18.0 Å². The van der Waals surface area contributed by atoms with Crippen LogP contribution in [0.2, 0.25) is 0 Å². The number of carbonyl (C=O) groups excluding carboxylic acids is 1. The molecule has 0 radical (unpaired) electrons. The summed E-state index contributed by atoms with van der Waals surface area (Å²) < 4.78 is 39.0. The van der Waals surface area contributed by atoms with E-state index in [1.54, 1.807) is 6.92 Å². The lowest BCUT2D eigenvalue weighted by Crippen LogP contribution is -2.15. The van der Waals surface area contributed by atoms with Gasteiger partial charge in [-0.15, -0.1) is 11.3 Å². The van der Waals surface area contributed by atoms with Crippen molar-refractivity contribution in [2.45, 2.75) is 6.92 Å². The van der Waals surface area contributed by atoms with Gasteiger partial charge in [-0.1, -0.05) is 0 Å². The Hall–Kier alpha value is -2.35. The van der Waals surface area contributed by atoms with Crippen molar-refractivity contribution in [3.63, 3.8) is 0 Å². The van der Waals surface area contributed by atoms with Gasteiger partial charge in [-0.05, 0) is 30.0 Å². The molecule has 0 aliphatic carbocycles. The number of halogens is 3. The number of anilines is 1. The normalized spacial score (nSPS) is 10.5. The van der Waals surface area contributed by atoms with Gasteiger partial charge in [-0.2, -0.15) is 0 Å². The van der Waals surface area contributed by atoms with E-state index in [1.165, 1.54) is 5.38 Å². The van der Waals surface area contributed by atoms with Gasteiger partial charge in [-0.3, -0.25) is 4.79 Å². The molecule has 8 heteroatoms. The van der Waals surface area contributed by atoms with E-state index in [-0.39, 0.29) is 10.6 Å². The van der Waals surface area contributed by atoms with E-state index in [1.807, 2.05) is 0 Å².